The minimum atomic E-state index is -3.15. The molecule has 0 aliphatic carbocycles. The number of rotatable bonds is 5. The number of hydrogen-bond acceptors (Lipinski definition) is 8. The number of piperidine rings is 1. The van der Waals surface area contributed by atoms with Gasteiger partial charge in [0.05, 0.1) is 20.5 Å². The Balaban J connectivity index is 1.61. The molecule has 0 bridgehead atoms. The number of ether oxygens (including phenoxy) is 2. The van der Waals surface area contributed by atoms with Crippen LogP contribution in [0.25, 0.3) is 15.5 Å². The van der Waals surface area contributed by atoms with Crippen molar-refractivity contribution in [3.8, 4) is 22.1 Å². The molecule has 28 heavy (non-hydrogen) atoms. The number of sulfonamides is 1. The van der Waals surface area contributed by atoms with Crippen molar-refractivity contribution >= 4 is 26.3 Å². The molecular weight excluding hydrogens is 402 g/mol. The third-order valence-electron chi connectivity index (χ3n) is 4.93. The van der Waals surface area contributed by atoms with E-state index >= 15 is 0 Å². The van der Waals surface area contributed by atoms with Gasteiger partial charge in [-0.2, -0.15) is 9.61 Å². The van der Waals surface area contributed by atoms with Crippen molar-refractivity contribution in [2.75, 3.05) is 33.6 Å². The van der Waals surface area contributed by atoms with Gasteiger partial charge in [-0.25, -0.2) is 12.7 Å². The van der Waals surface area contributed by atoms with Gasteiger partial charge < -0.3 is 9.47 Å². The maximum Gasteiger partial charge on any atom is 0.234 e. The lowest BCUT2D eigenvalue weighted by molar-refractivity contribution is 0.313. The van der Waals surface area contributed by atoms with E-state index in [0.717, 1.165) is 16.4 Å². The maximum absolute atomic E-state index is 11.7. The van der Waals surface area contributed by atoms with Crippen molar-refractivity contribution in [1.82, 2.24) is 24.1 Å². The highest BCUT2D eigenvalue weighted by molar-refractivity contribution is 7.88. The molecule has 0 spiro atoms. The van der Waals surface area contributed by atoms with E-state index < -0.39 is 10.0 Å². The Morgan fingerprint density at radius 3 is 2.46 bits per heavy atom. The van der Waals surface area contributed by atoms with Crippen LogP contribution in [0.3, 0.4) is 0 Å². The molecule has 0 N–H and O–H groups in total. The van der Waals surface area contributed by atoms with E-state index in [2.05, 4.69) is 10.2 Å². The number of nitrogens with zero attached hydrogens (tertiary/aromatic N) is 5. The molecule has 11 heteroatoms. The van der Waals surface area contributed by atoms with Gasteiger partial charge in [-0.3, -0.25) is 0 Å². The smallest absolute Gasteiger partial charge is 0.234 e. The van der Waals surface area contributed by atoms with Crippen LogP contribution in [0.15, 0.2) is 18.2 Å². The molecule has 0 atom stereocenters. The Morgan fingerprint density at radius 2 is 1.82 bits per heavy atom. The summed E-state index contributed by atoms with van der Waals surface area (Å²) in [6.45, 7) is 0.982. The fraction of sp³-hybridized carbons (Fsp3) is 0.471. The molecule has 1 fully saturated rings. The van der Waals surface area contributed by atoms with Crippen LogP contribution in [0.4, 0.5) is 0 Å². The Hall–Kier alpha value is -2.24. The predicted molar refractivity (Wildman–Crippen MR) is 106 cm³/mol. The number of benzene rings is 1. The van der Waals surface area contributed by atoms with Crippen molar-refractivity contribution < 1.29 is 17.9 Å². The van der Waals surface area contributed by atoms with Gasteiger partial charge >= 0.3 is 0 Å². The number of fused-ring (bicyclic) bond motifs is 1. The lowest BCUT2D eigenvalue weighted by atomic mass is 9.97. The second-order valence-electron chi connectivity index (χ2n) is 6.67. The van der Waals surface area contributed by atoms with Crippen LogP contribution in [0.5, 0.6) is 11.5 Å². The average molecular weight is 424 g/mol. The van der Waals surface area contributed by atoms with Gasteiger partial charge in [0.25, 0.3) is 0 Å². The first-order valence-electron chi connectivity index (χ1n) is 8.80. The van der Waals surface area contributed by atoms with Crippen LogP contribution in [0.1, 0.15) is 24.6 Å². The maximum atomic E-state index is 11.7. The summed E-state index contributed by atoms with van der Waals surface area (Å²) < 4.78 is 37.4. The zero-order valence-corrected chi connectivity index (χ0v) is 17.5. The van der Waals surface area contributed by atoms with Crippen LogP contribution in [-0.4, -0.2) is 66.1 Å². The van der Waals surface area contributed by atoms with Crippen molar-refractivity contribution in [3.63, 3.8) is 0 Å². The summed E-state index contributed by atoms with van der Waals surface area (Å²) >= 11 is 1.45. The summed E-state index contributed by atoms with van der Waals surface area (Å²) in [5, 5.41) is 14.1. The molecule has 1 aliphatic rings. The summed E-state index contributed by atoms with van der Waals surface area (Å²) in [5.41, 5.74) is 0.908. The first-order valence-corrected chi connectivity index (χ1v) is 11.5. The van der Waals surface area contributed by atoms with Crippen LogP contribution < -0.4 is 9.47 Å². The molecule has 4 rings (SSSR count). The highest BCUT2D eigenvalue weighted by Crippen LogP contribution is 2.35. The monoisotopic (exact) mass is 423 g/mol. The second-order valence-corrected chi connectivity index (χ2v) is 9.60. The highest BCUT2D eigenvalue weighted by atomic mass is 32.2. The summed E-state index contributed by atoms with van der Waals surface area (Å²) in [4.78, 5) is 0.713. The Morgan fingerprint density at radius 1 is 1.11 bits per heavy atom. The van der Waals surface area contributed by atoms with Gasteiger partial charge in [-0.1, -0.05) is 11.3 Å². The molecule has 0 radical (unpaired) electrons. The molecule has 9 nitrogen and oxygen atoms in total. The summed E-state index contributed by atoms with van der Waals surface area (Å²) in [6, 6.07) is 5.66. The van der Waals surface area contributed by atoms with E-state index in [1.165, 1.54) is 21.9 Å². The van der Waals surface area contributed by atoms with Crippen molar-refractivity contribution in [2.24, 2.45) is 0 Å². The van der Waals surface area contributed by atoms with Crippen molar-refractivity contribution in [2.45, 2.75) is 18.8 Å². The van der Waals surface area contributed by atoms with Gasteiger partial charge in [0.1, 0.15) is 5.01 Å². The molecule has 3 heterocycles. The zero-order chi connectivity index (χ0) is 19.9. The predicted octanol–water partition coefficient (Wildman–Crippen LogP) is 2.01. The van der Waals surface area contributed by atoms with Gasteiger partial charge in [-0.15, -0.1) is 10.2 Å². The van der Waals surface area contributed by atoms with E-state index in [4.69, 9.17) is 14.6 Å². The largest absolute Gasteiger partial charge is 0.493 e. The quantitative estimate of drug-likeness (QED) is 0.619. The summed E-state index contributed by atoms with van der Waals surface area (Å²) in [7, 11) is 0.0475. The molecule has 1 saturated heterocycles. The average Bonchev–Trinajstić information content (AvgIpc) is 3.27. The van der Waals surface area contributed by atoms with Gasteiger partial charge in [0.2, 0.25) is 15.0 Å². The topological polar surface area (TPSA) is 98.9 Å². The van der Waals surface area contributed by atoms with Gasteiger partial charge in [-0.05, 0) is 31.0 Å². The Bertz CT molecular complexity index is 1100. The number of hydrogen-bond donors (Lipinski definition) is 0. The minimum absolute atomic E-state index is 0.133. The fourth-order valence-corrected chi connectivity index (χ4v) is 5.14. The van der Waals surface area contributed by atoms with Crippen LogP contribution in [0, 0.1) is 0 Å². The van der Waals surface area contributed by atoms with E-state index in [0.29, 0.717) is 42.4 Å². The van der Waals surface area contributed by atoms with Gasteiger partial charge in [0.15, 0.2) is 17.3 Å². The normalized spacial score (nSPS) is 16.5. The molecule has 0 saturated carbocycles. The standard InChI is InChI=1S/C17H21N5O4S2/c1-25-13-5-4-12(10-14(13)26-2)16-20-22-15(18-19-17(22)27-16)11-6-8-21(9-7-11)28(3,23)24/h4-5,10-11H,6-9H2,1-3H3. The Kier molecular flexibility index (Phi) is 4.98. The first-order chi connectivity index (χ1) is 13.4. The SMILES string of the molecule is COc1ccc(-c2nn3c(C4CCN(S(C)(=O)=O)CC4)nnc3s2)cc1OC. The molecule has 3 aromatic rings. The third-order valence-corrected chi connectivity index (χ3v) is 7.18. The lowest BCUT2D eigenvalue weighted by Crippen LogP contribution is -2.37. The van der Waals surface area contributed by atoms with Crippen molar-refractivity contribution in [1.29, 1.82) is 0 Å². The Labute approximate surface area is 167 Å². The first kappa shape index (κ1) is 19.1. The molecule has 150 valence electrons. The number of methoxy groups -OCH3 is 2. The summed E-state index contributed by atoms with van der Waals surface area (Å²) in [5.74, 6) is 2.21. The molecule has 0 unspecified atom stereocenters. The van der Waals surface area contributed by atoms with Gasteiger partial charge in [0, 0.05) is 24.6 Å². The zero-order valence-electron chi connectivity index (χ0n) is 15.8. The highest BCUT2D eigenvalue weighted by Gasteiger charge is 2.29. The third kappa shape index (κ3) is 3.45. The van der Waals surface area contributed by atoms with Crippen LogP contribution >= 0.6 is 11.3 Å². The second kappa shape index (κ2) is 7.30. The fourth-order valence-electron chi connectivity index (χ4n) is 3.42. The number of aromatic nitrogens is 4. The lowest BCUT2D eigenvalue weighted by Gasteiger charge is -2.28. The molecule has 2 aromatic heterocycles. The molecular formula is C17H21N5O4S2. The van der Waals surface area contributed by atoms with E-state index in [1.54, 1.807) is 18.7 Å². The molecule has 0 amide bonds. The van der Waals surface area contributed by atoms with E-state index in [1.807, 2.05) is 18.2 Å². The summed E-state index contributed by atoms with van der Waals surface area (Å²) in [6.07, 6.45) is 2.66. The van der Waals surface area contributed by atoms with E-state index in [9.17, 15) is 8.42 Å². The van der Waals surface area contributed by atoms with Crippen LogP contribution in [-0.2, 0) is 10.0 Å². The van der Waals surface area contributed by atoms with Crippen molar-refractivity contribution in [3.05, 3.63) is 24.0 Å². The molecule has 1 aliphatic heterocycles. The van der Waals surface area contributed by atoms with E-state index in [-0.39, 0.29) is 5.92 Å². The minimum Gasteiger partial charge on any atom is -0.493 e. The van der Waals surface area contributed by atoms with Crippen LogP contribution in [0.2, 0.25) is 0 Å². The molecule has 1 aromatic carbocycles.